The summed E-state index contributed by atoms with van der Waals surface area (Å²) in [5.74, 6) is -0.902. The van der Waals surface area contributed by atoms with Crippen LogP contribution < -0.4 is 10.6 Å². The maximum Gasteiger partial charge on any atom is 0.309 e. The van der Waals surface area contributed by atoms with Crippen LogP contribution in [0.3, 0.4) is 0 Å². The first-order valence-corrected chi connectivity index (χ1v) is 8.46. The molecule has 2 N–H and O–H groups in total. The van der Waals surface area contributed by atoms with Crippen LogP contribution in [0.5, 0.6) is 0 Å². The molecule has 1 aliphatic heterocycles. The number of likely N-dealkylation sites (N-methyl/N-ethyl adjacent to an activating group) is 1. The number of nitrogens with one attached hydrogen (secondary N) is 2. The average molecular weight is 317 g/mol. The minimum absolute atomic E-state index is 0.179. The Bertz CT molecular complexity index is 518. The van der Waals surface area contributed by atoms with Crippen LogP contribution in [0.2, 0.25) is 0 Å². The summed E-state index contributed by atoms with van der Waals surface area (Å²) in [7, 11) is 0. The molecule has 5 nitrogen and oxygen atoms in total. The maximum atomic E-state index is 11.9. The van der Waals surface area contributed by atoms with E-state index < -0.39 is 11.8 Å². The molecule has 0 aromatic heterocycles. The molecule has 23 heavy (non-hydrogen) atoms. The maximum absolute atomic E-state index is 11.9. The number of hydrogen-bond acceptors (Lipinski definition) is 3. The molecule has 0 unspecified atom stereocenters. The summed E-state index contributed by atoms with van der Waals surface area (Å²) in [5.41, 5.74) is 1.15. The van der Waals surface area contributed by atoms with Crippen molar-refractivity contribution in [3.8, 4) is 0 Å². The van der Waals surface area contributed by atoms with Crippen LogP contribution in [-0.4, -0.2) is 48.9 Å². The molecule has 0 bridgehead atoms. The van der Waals surface area contributed by atoms with Crippen LogP contribution in [0.25, 0.3) is 0 Å². The van der Waals surface area contributed by atoms with Crippen molar-refractivity contribution in [2.24, 2.45) is 0 Å². The lowest BCUT2D eigenvalue weighted by atomic mass is 10.0. The van der Waals surface area contributed by atoms with Gasteiger partial charge in [0.25, 0.3) is 0 Å². The molecular weight excluding hydrogens is 290 g/mol. The fourth-order valence-electron chi connectivity index (χ4n) is 3.06. The van der Waals surface area contributed by atoms with E-state index >= 15 is 0 Å². The smallest absolute Gasteiger partial charge is 0.309 e. The molecular formula is C18H27N3O2. The number of rotatable bonds is 6. The van der Waals surface area contributed by atoms with Crippen molar-refractivity contribution in [2.45, 2.75) is 38.6 Å². The predicted molar refractivity (Wildman–Crippen MR) is 91.1 cm³/mol. The lowest BCUT2D eigenvalue weighted by Gasteiger charge is -2.22. The van der Waals surface area contributed by atoms with E-state index in [9.17, 15) is 9.59 Å². The van der Waals surface area contributed by atoms with Crippen molar-refractivity contribution >= 4 is 11.8 Å². The quantitative estimate of drug-likeness (QED) is 0.782. The van der Waals surface area contributed by atoms with Gasteiger partial charge in [-0.2, -0.15) is 0 Å². The normalized spacial score (nSPS) is 19.3. The van der Waals surface area contributed by atoms with Gasteiger partial charge >= 0.3 is 11.8 Å². The van der Waals surface area contributed by atoms with Gasteiger partial charge in [0.1, 0.15) is 0 Å². The fourth-order valence-corrected chi connectivity index (χ4v) is 3.06. The standard InChI is InChI=1S/C18H27N3O2/c1-3-21-11-7-10-16(21)13-20-18(23)17(22)19-12-14(2)15-8-5-4-6-9-15/h4-6,8-9,14,16H,3,7,10-13H2,1-2H3,(H,19,22)(H,20,23)/t14-,16+/m1/s1. The fraction of sp³-hybridized carbons (Fsp3) is 0.556. The molecule has 0 radical (unpaired) electrons. The molecule has 1 heterocycles. The van der Waals surface area contributed by atoms with Crippen LogP contribution in [0.4, 0.5) is 0 Å². The van der Waals surface area contributed by atoms with Crippen LogP contribution in [-0.2, 0) is 9.59 Å². The van der Waals surface area contributed by atoms with Crippen molar-refractivity contribution in [3.05, 3.63) is 35.9 Å². The van der Waals surface area contributed by atoms with Crippen molar-refractivity contribution < 1.29 is 9.59 Å². The van der Waals surface area contributed by atoms with Gasteiger partial charge in [-0.1, -0.05) is 44.2 Å². The molecule has 0 saturated carbocycles. The summed E-state index contributed by atoms with van der Waals surface area (Å²) in [6, 6.07) is 10.3. The number of carbonyl (C=O) groups excluding carboxylic acids is 2. The third-order valence-electron chi connectivity index (χ3n) is 4.55. The number of hydrogen-bond donors (Lipinski definition) is 2. The Morgan fingerprint density at radius 3 is 2.61 bits per heavy atom. The predicted octanol–water partition coefficient (Wildman–Crippen LogP) is 1.51. The zero-order chi connectivity index (χ0) is 16.7. The third-order valence-corrected chi connectivity index (χ3v) is 4.55. The second-order valence-electron chi connectivity index (χ2n) is 6.16. The molecule has 126 valence electrons. The van der Waals surface area contributed by atoms with Gasteiger partial charge in [0, 0.05) is 19.1 Å². The summed E-state index contributed by atoms with van der Waals surface area (Å²) >= 11 is 0. The van der Waals surface area contributed by atoms with Gasteiger partial charge in [-0.25, -0.2) is 0 Å². The second kappa shape index (κ2) is 8.67. The number of likely N-dealkylation sites (tertiary alicyclic amines) is 1. The Morgan fingerprint density at radius 2 is 1.91 bits per heavy atom. The highest BCUT2D eigenvalue weighted by Gasteiger charge is 2.24. The molecule has 1 aliphatic rings. The molecule has 5 heteroatoms. The largest absolute Gasteiger partial charge is 0.347 e. The van der Waals surface area contributed by atoms with Crippen molar-refractivity contribution in [1.29, 1.82) is 0 Å². The minimum Gasteiger partial charge on any atom is -0.347 e. The Balaban J connectivity index is 1.71. The topological polar surface area (TPSA) is 61.4 Å². The van der Waals surface area contributed by atoms with E-state index in [1.807, 2.05) is 37.3 Å². The summed E-state index contributed by atoms with van der Waals surface area (Å²) < 4.78 is 0. The summed E-state index contributed by atoms with van der Waals surface area (Å²) in [5, 5.41) is 5.48. The highest BCUT2D eigenvalue weighted by Crippen LogP contribution is 2.15. The molecule has 2 rings (SSSR count). The van der Waals surface area contributed by atoms with Crippen LogP contribution >= 0.6 is 0 Å². The number of nitrogens with zero attached hydrogens (tertiary/aromatic N) is 1. The van der Waals surface area contributed by atoms with Gasteiger partial charge < -0.3 is 10.6 Å². The number of amides is 2. The van der Waals surface area contributed by atoms with Crippen LogP contribution in [0, 0.1) is 0 Å². The van der Waals surface area contributed by atoms with E-state index in [0.29, 0.717) is 19.1 Å². The van der Waals surface area contributed by atoms with E-state index in [2.05, 4.69) is 22.5 Å². The van der Waals surface area contributed by atoms with E-state index in [4.69, 9.17) is 0 Å². The molecule has 2 atom stereocenters. The number of carbonyl (C=O) groups is 2. The van der Waals surface area contributed by atoms with Crippen molar-refractivity contribution in [1.82, 2.24) is 15.5 Å². The van der Waals surface area contributed by atoms with Gasteiger partial charge in [-0.15, -0.1) is 0 Å². The van der Waals surface area contributed by atoms with Gasteiger partial charge in [0.15, 0.2) is 0 Å². The lowest BCUT2D eigenvalue weighted by molar-refractivity contribution is -0.139. The zero-order valence-corrected chi connectivity index (χ0v) is 14.0. The van der Waals surface area contributed by atoms with E-state index in [1.54, 1.807) is 0 Å². The molecule has 1 saturated heterocycles. The summed E-state index contributed by atoms with van der Waals surface area (Å²) in [6.07, 6.45) is 2.25. The first kappa shape index (κ1) is 17.5. The lowest BCUT2D eigenvalue weighted by Crippen LogP contribution is -2.46. The summed E-state index contributed by atoms with van der Waals surface area (Å²) in [6.45, 7) is 7.23. The molecule has 0 spiro atoms. The Labute approximate surface area is 138 Å². The molecule has 1 fully saturated rings. The zero-order valence-electron chi connectivity index (χ0n) is 14.0. The van der Waals surface area contributed by atoms with Gasteiger partial charge in [0.2, 0.25) is 0 Å². The monoisotopic (exact) mass is 317 g/mol. The van der Waals surface area contributed by atoms with E-state index in [0.717, 1.165) is 31.5 Å². The molecule has 0 aliphatic carbocycles. The summed E-state index contributed by atoms with van der Waals surface area (Å²) in [4.78, 5) is 26.1. The third kappa shape index (κ3) is 5.06. The molecule has 1 aromatic carbocycles. The highest BCUT2D eigenvalue weighted by atomic mass is 16.2. The first-order chi connectivity index (χ1) is 11.1. The molecule has 2 amide bonds. The van der Waals surface area contributed by atoms with Gasteiger partial charge in [-0.05, 0) is 37.4 Å². The van der Waals surface area contributed by atoms with Crippen molar-refractivity contribution in [3.63, 3.8) is 0 Å². The second-order valence-corrected chi connectivity index (χ2v) is 6.16. The number of benzene rings is 1. The van der Waals surface area contributed by atoms with Gasteiger partial charge in [0.05, 0.1) is 0 Å². The Hall–Kier alpha value is -1.88. The minimum atomic E-state index is -0.547. The van der Waals surface area contributed by atoms with E-state index in [1.165, 1.54) is 0 Å². The van der Waals surface area contributed by atoms with Crippen LogP contribution in [0.15, 0.2) is 30.3 Å². The Morgan fingerprint density at radius 1 is 1.22 bits per heavy atom. The highest BCUT2D eigenvalue weighted by molar-refractivity contribution is 6.35. The van der Waals surface area contributed by atoms with E-state index in [-0.39, 0.29) is 5.92 Å². The average Bonchev–Trinajstić information content (AvgIpc) is 3.05. The first-order valence-electron chi connectivity index (χ1n) is 8.46. The van der Waals surface area contributed by atoms with Gasteiger partial charge in [-0.3, -0.25) is 14.5 Å². The molecule has 1 aromatic rings. The Kier molecular flexibility index (Phi) is 6.59. The SMILES string of the molecule is CCN1CCC[C@H]1CNC(=O)C(=O)NC[C@@H](C)c1ccccc1. The van der Waals surface area contributed by atoms with Crippen LogP contribution in [0.1, 0.15) is 38.2 Å². The van der Waals surface area contributed by atoms with Crippen molar-refractivity contribution in [2.75, 3.05) is 26.2 Å².